The van der Waals surface area contributed by atoms with E-state index in [9.17, 15) is 4.79 Å². The summed E-state index contributed by atoms with van der Waals surface area (Å²) < 4.78 is 0. The summed E-state index contributed by atoms with van der Waals surface area (Å²) in [5.74, 6) is 2.62. The van der Waals surface area contributed by atoms with Crippen molar-refractivity contribution >= 4 is 23.4 Å². The van der Waals surface area contributed by atoms with Gasteiger partial charge in [0.1, 0.15) is 11.6 Å². The number of hydrogen-bond acceptors (Lipinski definition) is 7. The summed E-state index contributed by atoms with van der Waals surface area (Å²) in [5, 5.41) is 3.14. The first-order chi connectivity index (χ1) is 15.2. The zero-order chi connectivity index (χ0) is 21.2. The first-order valence-corrected chi connectivity index (χ1v) is 10.8. The van der Waals surface area contributed by atoms with Crippen LogP contribution in [0.15, 0.2) is 54.7 Å². The standard InChI is InChI=1S/C24H26N6O/c1-25-23-22-19(15-18(16-20(22)31)17-7-3-2-4-8-17)27-24(28-23)30-13-11-29(12-14-30)21-9-5-6-10-26-21/h2-10,18H,11-16H2,1H3,(H,25,27,28)/t18-/m1/s1. The van der Waals surface area contributed by atoms with Crippen LogP contribution in [0.4, 0.5) is 17.6 Å². The first-order valence-electron chi connectivity index (χ1n) is 10.8. The molecule has 0 radical (unpaired) electrons. The van der Waals surface area contributed by atoms with Crippen molar-refractivity contribution in [1.82, 2.24) is 15.0 Å². The second kappa shape index (κ2) is 8.34. The molecule has 0 amide bonds. The highest BCUT2D eigenvalue weighted by Gasteiger charge is 2.32. The van der Waals surface area contributed by atoms with Gasteiger partial charge in [0.15, 0.2) is 5.78 Å². The molecule has 0 unspecified atom stereocenters. The van der Waals surface area contributed by atoms with Crippen LogP contribution in [-0.2, 0) is 6.42 Å². The number of nitrogens with one attached hydrogen (secondary N) is 1. The number of pyridine rings is 1. The Balaban J connectivity index is 1.40. The van der Waals surface area contributed by atoms with Crippen LogP contribution in [0.5, 0.6) is 0 Å². The van der Waals surface area contributed by atoms with Gasteiger partial charge in [0, 0.05) is 45.8 Å². The van der Waals surface area contributed by atoms with E-state index in [0.29, 0.717) is 23.8 Å². The van der Waals surface area contributed by atoms with E-state index in [2.05, 4.69) is 32.2 Å². The van der Waals surface area contributed by atoms with E-state index >= 15 is 0 Å². The highest BCUT2D eigenvalue weighted by Crippen LogP contribution is 2.35. The third kappa shape index (κ3) is 3.83. The van der Waals surface area contributed by atoms with E-state index in [1.165, 1.54) is 5.56 Å². The second-order valence-corrected chi connectivity index (χ2v) is 8.04. The molecule has 0 spiro atoms. The SMILES string of the molecule is CNc1nc(N2CCN(c3ccccn3)CC2)nc2c1C(=O)C[C@H](c1ccccc1)C2. The molecule has 1 aliphatic heterocycles. The molecule has 1 aromatic carbocycles. The predicted molar refractivity (Wildman–Crippen MR) is 122 cm³/mol. The van der Waals surface area contributed by atoms with E-state index in [1.807, 2.05) is 49.6 Å². The number of carbonyl (C=O) groups excluding carboxylic acids is 1. The van der Waals surface area contributed by atoms with Crippen molar-refractivity contribution in [3.63, 3.8) is 0 Å². The lowest BCUT2D eigenvalue weighted by atomic mass is 9.82. The van der Waals surface area contributed by atoms with Crippen LogP contribution in [0.1, 0.15) is 34.0 Å². The lowest BCUT2D eigenvalue weighted by Gasteiger charge is -2.36. The second-order valence-electron chi connectivity index (χ2n) is 8.04. The van der Waals surface area contributed by atoms with E-state index in [1.54, 1.807) is 0 Å². The molecule has 1 aliphatic carbocycles. The van der Waals surface area contributed by atoms with E-state index < -0.39 is 0 Å². The van der Waals surface area contributed by atoms with Gasteiger partial charge in [-0.3, -0.25) is 4.79 Å². The van der Waals surface area contributed by atoms with Gasteiger partial charge in [-0.1, -0.05) is 36.4 Å². The smallest absolute Gasteiger partial charge is 0.227 e. The van der Waals surface area contributed by atoms with Crippen molar-refractivity contribution in [3.8, 4) is 0 Å². The number of piperazine rings is 1. The fourth-order valence-corrected chi connectivity index (χ4v) is 4.53. The average molecular weight is 415 g/mol. The predicted octanol–water partition coefficient (Wildman–Crippen LogP) is 3.15. The Morgan fingerprint density at radius 3 is 2.35 bits per heavy atom. The molecule has 0 saturated carbocycles. The lowest BCUT2D eigenvalue weighted by molar-refractivity contribution is 0.0963. The Hall–Kier alpha value is -3.48. The van der Waals surface area contributed by atoms with Crippen molar-refractivity contribution in [2.24, 2.45) is 0 Å². The average Bonchev–Trinajstić information content (AvgIpc) is 2.84. The van der Waals surface area contributed by atoms with Crippen LogP contribution < -0.4 is 15.1 Å². The Morgan fingerprint density at radius 1 is 0.903 bits per heavy atom. The Morgan fingerprint density at radius 2 is 1.65 bits per heavy atom. The molecule has 1 saturated heterocycles. The summed E-state index contributed by atoms with van der Waals surface area (Å²) in [4.78, 5) is 31.5. The minimum atomic E-state index is 0.117. The minimum absolute atomic E-state index is 0.117. The molecule has 1 atom stereocenters. The number of aromatic nitrogens is 3. The first kappa shape index (κ1) is 19.5. The van der Waals surface area contributed by atoms with Gasteiger partial charge in [-0.15, -0.1) is 0 Å². The highest BCUT2D eigenvalue weighted by molar-refractivity contribution is 6.03. The molecular weight excluding hydrogens is 388 g/mol. The summed E-state index contributed by atoms with van der Waals surface area (Å²) in [7, 11) is 1.82. The van der Waals surface area contributed by atoms with Crippen LogP contribution in [-0.4, -0.2) is 54.0 Å². The highest BCUT2D eigenvalue weighted by atomic mass is 16.1. The molecule has 0 bridgehead atoms. The topological polar surface area (TPSA) is 74.2 Å². The molecule has 31 heavy (non-hydrogen) atoms. The normalized spacial score (nSPS) is 18.6. The number of ketones is 1. The maximum atomic E-state index is 13.0. The third-order valence-corrected chi connectivity index (χ3v) is 6.17. The summed E-state index contributed by atoms with van der Waals surface area (Å²) in [6, 6.07) is 16.2. The Kier molecular flexibility index (Phi) is 5.24. The fourth-order valence-electron chi connectivity index (χ4n) is 4.53. The number of carbonyl (C=O) groups is 1. The summed E-state index contributed by atoms with van der Waals surface area (Å²) in [6.45, 7) is 3.35. The zero-order valence-corrected chi connectivity index (χ0v) is 17.7. The number of anilines is 3. The zero-order valence-electron chi connectivity index (χ0n) is 17.7. The molecule has 3 aromatic rings. The molecule has 1 fully saturated rings. The van der Waals surface area contributed by atoms with E-state index in [0.717, 1.165) is 44.1 Å². The van der Waals surface area contributed by atoms with Crippen LogP contribution in [0.3, 0.4) is 0 Å². The molecule has 158 valence electrons. The van der Waals surface area contributed by atoms with Gasteiger partial charge in [-0.05, 0) is 30.0 Å². The van der Waals surface area contributed by atoms with Crippen molar-refractivity contribution in [2.75, 3.05) is 48.3 Å². The number of nitrogens with zero attached hydrogens (tertiary/aromatic N) is 5. The molecule has 7 nitrogen and oxygen atoms in total. The summed E-state index contributed by atoms with van der Waals surface area (Å²) in [6.07, 6.45) is 3.08. The van der Waals surface area contributed by atoms with E-state index in [4.69, 9.17) is 9.97 Å². The minimum Gasteiger partial charge on any atom is -0.372 e. The number of rotatable bonds is 4. The Labute approximate surface area is 182 Å². The van der Waals surface area contributed by atoms with Crippen LogP contribution >= 0.6 is 0 Å². The number of benzene rings is 1. The van der Waals surface area contributed by atoms with Crippen LogP contribution in [0.25, 0.3) is 0 Å². The molecule has 2 aromatic heterocycles. The van der Waals surface area contributed by atoms with Crippen LogP contribution in [0, 0.1) is 0 Å². The maximum absolute atomic E-state index is 13.0. The third-order valence-electron chi connectivity index (χ3n) is 6.17. The van der Waals surface area contributed by atoms with Gasteiger partial charge in [-0.25, -0.2) is 9.97 Å². The van der Waals surface area contributed by atoms with Crippen molar-refractivity contribution in [3.05, 3.63) is 71.5 Å². The number of hydrogen-bond donors (Lipinski definition) is 1. The molecule has 7 heteroatoms. The molecular formula is C24H26N6O. The largest absolute Gasteiger partial charge is 0.372 e. The molecule has 3 heterocycles. The Bertz CT molecular complexity index is 1060. The van der Waals surface area contributed by atoms with Gasteiger partial charge < -0.3 is 15.1 Å². The van der Waals surface area contributed by atoms with Crippen molar-refractivity contribution < 1.29 is 4.79 Å². The van der Waals surface area contributed by atoms with Crippen molar-refractivity contribution in [1.29, 1.82) is 0 Å². The lowest BCUT2D eigenvalue weighted by Crippen LogP contribution is -2.47. The molecule has 2 aliphatic rings. The maximum Gasteiger partial charge on any atom is 0.227 e. The van der Waals surface area contributed by atoms with Gasteiger partial charge in [0.2, 0.25) is 5.95 Å². The van der Waals surface area contributed by atoms with Crippen LogP contribution in [0.2, 0.25) is 0 Å². The number of fused-ring (bicyclic) bond motifs is 1. The van der Waals surface area contributed by atoms with Crippen molar-refractivity contribution in [2.45, 2.75) is 18.8 Å². The molecule has 5 rings (SSSR count). The number of Topliss-reactive ketones (excluding diaryl/α,β-unsaturated/α-hetero) is 1. The van der Waals surface area contributed by atoms with Gasteiger partial charge >= 0.3 is 0 Å². The van der Waals surface area contributed by atoms with Gasteiger partial charge in [0.05, 0.1) is 11.3 Å². The fraction of sp³-hybridized carbons (Fsp3) is 0.333. The monoisotopic (exact) mass is 414 g/mol. The van der Waals surface area contributed by atoms with E-state index in [-0.39, 0.29) is 11.7 Å². The summed E-state index contributed by atoms with van der Waals surface area (Å²) in [5.41, 5.74) is 2.70. The summed E-state index contributed by atoms with van der Waals surface area (Å²) >= 11 is 0. The quantitative estimate of drug-likeness (QED) is 0.703. The van der Waals surface area contributed by atoms with Gasteiger partial charge in [-0.2, -0.15) is 4.98 Å². The molecule has 1 N–H and O–H groups in total. The van der Waals surface area contributed by atoms with Gasteiger partial charge in [0.25, 0.3) is 0 Å².